The fraction of sp³-hybridized carbons (Fsp3) is 0.188. The van der Waals surface area contributed by atoms with E-state index in [1.807, 2.05) is 13.0 Å². The number of carbonyl (C=O) groups is 1. The highest BCUT2D eigenvalue weighted by molar-refractivity contribution is 5.98. The van der Waals surface area contributed by atoms with Gasteiger partial charge in [0.05, 0.1) is 25.3 Å². The van der Waals surface area contributed by atoms with Crippen molar-refractivity contribution in [2.24, 2.45) is 0 Å². The lowest BCUT2D eigenvalue weighted by molar-refractivity contribution is 0.0697. The smallest absolute Gasteiger partial charge is 0.336 e. The molecule has 20 heavy (non-hydrogen) atoms. The number of aryl methyl sites for hydroxylation is 1. The lowest BCUT2D eigenvalue weighted by atomic mass is 9.96. The van der Waals surface area contributed by atoms with Crippen LogP contribution in [0.15, 0.2) is 36.4 Å². The standard InChI is InChI=1S/C16H16O4/c1-10-7-8-11(16(17)18)12(9-10)15-13(19-2)5-4-6-14(15)20-3/h4-9H,1-3H3,(H,17,18). The van der Waals surface area contributed by atoms with E-state index in [0.717, 1.165) is 5.56 Å². The third kappa shape index (κ3) is 2.45. The maximum Gasteiger partial charge on any atom is 0.336 e. The molecule has 4 nitrogen and oxygen atoms in total. The van der Waals surface area contributed by atoms with Gasteiger partial charge in [-0.2, -0.15) is 0 Å². The monoisotopic (exact) mass is 272 g/mol. The van der Waals surface area contributed by atoms with Gasteiger partial charge < -0.3 is 14.6 Å². The van der Waals surface area contributed by atoms with Crippen LogP contribution >= 0.6 is 0 Å². The Morgan fingerprint density at radius 2 is 1.65 bits per heavy atom. The zero-order valence-corrected chi connectivity index (χ0v) is 11.6. The highest BCUT2D eigenvalue weighted by Crippen LogP contribution is 2.40. The van der Waals surface area contributed by atoms with Gasteiger partial charge in [0.15, 0.2) is 0 Å². The first-order valence-corrected chi connectivity index (χ1v) is 6.13. The third-order valence-electron chi connectivity index (χ3n) is 3.10. The van der Waals surface area contributed by atoms with Gasteiger partial charge in [-0.15, -0.1) is 0 Å². The topological polar surface area (TPSA) is 55.8 Å². The molecule has 2 rings (SSSR count). The highest BCUT2D eigenvalue weighted by atomic mass is 16.5. The van der Waals surface area contributed by atoms with Crippen LogP contribution in [0.1, 0.15) is 15.9 Å². The number of benzene rings is 2. The summed E-state index contributed by atoms with van der Waals surface area (Å²) in [5, 5.41) is 9.36. The van der Waals surface area contributed by atoms with Crippen molar-refractivity contribution in [3.05, 3.63) is 47.5 Å². The lowest BCUT2D eigenvalue weighted by Gasteiger charge is -2.15. The zero-order chi connectivity index (χ0) is 14.7. The Kier molecular flexibility index (Phi) is 3.94. The van der Waals surface area contributed by atoms with Crippen molar-refractivity contribution in [1.29, 1.82) is 0 Å². The Bertz CT molecular complexity index is 625. The number of carboxylic acid groups (broad SMARTS) is 1. The fourth-order valence-electron chi connectivity index (χ4n) is 2.17. The molecular weight excluding hydrogens is 256 g/mol. The van der Waals surface area contributed by atoms with Gasteiger partial charge in [-0.3, -0.25) is 0 Å². The molecule has 4 heteroatoms. The first kappa shape index (κ1) is 13.9. The SMILES string of the molecule is COc1cccc(OC)c1-c1cc(C)ccc1C(=O)O. The average molecular weight is 272 g/mol. The van der Waals surface area contributed by atoms with E-state index < -0.39 is 5.97 Å². The van der Waals surface area contributed by atoms with Crippen molar-refractivity contribution in [3.63, 3.8) is 0 Å². The molecule has 0 heterocycles. The Hall–Kier alpha value is -2.49. The quantitative estimate of drug-likeness (QED) is 0.927. The minimum absolute atomic E-state index is 0.221. The van der Waals surface area contributed by atoms with E-state index in [2.05, 4.69) is 0 Å². The van der Waals surface area contributed by atoms with Crippen LogP contribution in [-0.4, -0.2) is 25.3 Å². The molecule has 0 aliphatic heterocycles. The summed E-state index contributed by atoms with van der Waals surface area (Å²) in [5.41, 5.74) is 2.43. The predicted molar refractivity (Wildman–Crippen MR) is 76.7 cm³/mol. The average Bonchev–Trinajstić information content (AvgIpc) is 2.45. The first-order chi connectivity index (χ1) is 9.58. The van der Waals surface area contributed by atoms with Crippen molar-refractivity contribution in [2.75, 3.05) is 14.2 Å². The van der Waals surface area contributed by atoms with Gasteiger partial charge >= 0.3 is 5.97 Å². The molecule has 0 spiro atoms. The van der Waals surface area contributed by atoms with Crippen LogP contribution in [-0.2, 0) is 0 Å². The molecule has 0 unspecified atom stereocenters. The normalized spacial score (nSPS) is 10.2. The van der Waals surface area contributed by atoms with Gasteiger partial charge in [0.2, 0.25) is 0 Å². The van der Waals surface area contributed by atoms with E-state index in [1.54, 1.807) is 44.6 Å². The summed E-state index contributed by atoms with van der Waals surface area (Å²) in [5.74, 6) is 0.183. The minimum atomic E-state index is -0.979. The molecule has 2 aromatic rings. The van der Waals surface area contributed by atoms with Crippen LogP contribution in [0, 0.1) is 6.92 Å². The molecule has 0 aliphatic rings. The summed E-state index contributed by atoms with van der Waals surface area (Å²) < 4.78 is 10.7. The van der Waals surface area contributed by atoms with Crippen molar-refractivity contribution in [1.82, 2.24) is 0 Å². The van der Waals surface area contributed by atoms with E-state index in [-0.39, 0.29) is 5.56 Å². The Morgan fingerprint density at radius 3 is 2.15 bits per heavy atom. The molecule has 1 N–H and O–H groups in total. The summed E-state index contributed by atoms with van der Waals surface area (Å²) in [6.07, 6.45) is 0. The molecule has 0 bridgehead atoms. The van der Waals surface area contributed by atoms with Gasteiger partial charge in [0.1, 0.15) is 11.5 Å². The number of hydrogen-bond donors (Lipinski definition) is 1. The zero-order valence-electron chi connectivity index (χ0n) is 11.6. The van der Waals surface area contributed by atoms with Crippen LogP contribution in [0.3, 0.4) is 0 Å². The Balaban J connectivity index is 2.79. The van der Waals surface area contributed by atoms with Crippen LogP contribution in [0.25, 0.3) is 11.1 Å². The molecule has 0 radical (unpaired) electrons. The maximum absolute atomic E-state index is 11.4. The number of aromatic carboxylic acids is 1. The van der Waals surface area contributed by atoms with Gasteiger partial charge in [-0.1, -0.05) is 23.8 Å². The number of rotatable bonds is 4. The van der Waals surface area contributed by atoms with Gasteiger partial charge in [-0.05, 0) is 25.1 Å². The molecular formula is C16H16O4. The highest BCUT2D eigenvalue weighted by Gasteiger charge is 2.19. The summed E-state index contributed by atoms with van der Waals surface area (Å²) in [7, 11) is 3.10. The van der Waals surface area contributed by atoms with Crippen LogP contribution in [0.4, 0.5) is 0 Å². The summed E-state index contributed by atoms with van der Waals surface area (Å²) in [6.45, 7) is 1.91. The largest absolute Gasteiger partial charge is 0.496 e. The van der Waals surface area contributed by atoms with E-state index in [9.17, 15) is 9.90 Å². The van der Waals surface area contributed by atoms with E-state index in [4.69, 9.17) is 9.47 Å². The first-order valence-electron chi connectivity index (χ1n) is 6.13. The second kappa shape index (κ2) is 5.65. The van der Waals surface area contributed by atoms with Gasteiger partial charge in [0.25, 0.3) is 0 Å². The molecule has 2 aromatic carbocycles. The van der Waals surface area contributed by atoms with Gasteiger partial charge in [0, 0.05) is 5.56 Å². The summed E-state index contributed by atoms with van der Waals surface area (Å²) >= 11 is 0. The van der Waals surface area contributed by atoms with Gasteiger partial charge in [-0.25, -0.2) is 4.79 Å². The van der Waals surface area contributed by atoms with E-state index in [0.29, 0.717) is 22.6 Å². The molecule has 0 amide bonds. The van der Waals surface area contributed by atoms with Crippen LogP contribution < -0.4 is 9.47 Å². The van der Waals surface area contributed by atoms with Crippen molar-refractivity contribution in [2.45, 2.75) is 6.92 Å². The number of methoxy groups -OCH3 is 2. The fourth-order valence-corrected chi connectivity index (χ4v) is 2.17. The Labute approximate surface area is 117 Å². The van der Waals surface area contributed by atoms with Crippen LogP contribution in [0.5, 0.6) is 11.5 Å². The summed E-state index contributed by atoms with van der Waals surface area (Å²) in [6, 6.07) is 10.6. The lowest BCUT2D eigenvalue weighted by Crippen LogP contribution is -2.02. The molecule has 0 atom stereocenters. The van der Waals surface area contributed by atoms with Crippen molar-refractivity contribution in [3.8, 4) is 22.6 Å². The second-order valence-electron chi connectivity index (χ2n) is 4.39. The molecule has 0 fully saturated rings. The summed E-state index contributed by atoms with van der Waals surface area (Å²) in [4.78, 5) is 11.4. The predicted octanol–water partition coefficient (Wildman–Crippen LogP) is 3.38. The number of hydrogen-bond acceptors (Lipinski definition) is 3. The molecule has 0 aliphatic carbocycles. The minimum Gasteiger partial charge on any atom is -0.496 e. The van der Waals surface area contributed by atoms with Crippen LogP contribution in [0.2, 0.25) is 0 Å². The Morgan fingerprint density at radius 1 is 1.05 bits per heavy atom. The molecule has 0 saturated heterocycles. The van der Waals surface area contributed by atoms with E-state index >= 15 is 0 Å². The number of carboxylic acids is 1. The molecule has 0 aromatic heterocycles. The molecule has 104 valence electrons. The third-order valence-corrected chi connectivity index (χ3v) is 3.10. The van der Waals surface area contributed by atoms with E-state index in [1.165, 1.54) is 0 Å². The maximum atomic E-state index is 11.4. The second-order valence-corrected chi connectivity index (χ2v) is 4.39. The number of ether oxygens (including phenoxy) is 2. The van der Waals surface area contributed by atoms with Crippen molar-refractivity contribution >= 4 is 5.97 Å². The molecule has 0 saturated carbocycles. The van der Waals surface area contributed by atoms with Crippen molar-refractivity contribution < 1.29 is 19.4 Å².